The van der Waals surface area contributed by atoms with E-state index in [0.29, 0.717) is 12.1 Å². The fourth-order valence-corrected chi connectivity index (χ4v) is 1.28. The van der Waals surface area contributed by atoms with Crippen LogP contribution in [0.15, 0.2) is 24.3 Å². The summed E-state index contributed by atoms with van der Waals surface area (Å²) in [5.74, 6) is 0. The second kappa shape index (κ2) is 3.90. The van der Waals surface area contributed by atoms with Crippen LogP contribution < -0.4 is 0 Å². The first-order valence-corrected chi connectivity index (χ1v) is 4.28. The van der Waals surface area contributed by atoms with Crippen molar-refractivity contribution in [1.29, 1.82) is 0 Å². The van der Waals surface area contributed by atoms with Gasteiger partial charge < -0.3 is 5.11 Å². The van der Waals surface area contributed by atoms with Gasteiger partial charge in [-0.3, -0.25) is 0 Å². The minimum Gasteiger partial charge on any atom is -0.369 e. The van der Waals surface area contributed by atoms with Crippen molar-refractivity contribution >= 4 is 0 Å². The van der Waals surface area contributed by atoms with E-state index in [1.165, 1.54) is 6.07 Å². The highest BCUT2D eigenvalue weighted by molar-refractivity contribution is 5.32. The molecule has 7 heteroatoms. The number of alkyl halides is 6. The summed E-state index contributed by atoms with van der Waals surface area (Å²) in [6.07, 6.45) is -11.7. The zero-order chi connectivity index (χ0) is 13.5. The molecule has 0 aliphatic heterocycles. The molecule has 0 aliphatic rings. The van der Waals surface area contributed by atoms with Gasteiger partial charge in [0.15, 0.2) is 0 Å². The Morgan fingerprint density at radius 1 is 0.941 bits per heavy atom. The van der Waals surface area contributed by atoms with Gasteiger partial charge in [0.1, 0.15) is 0 Å². The molecule has 0 amide bonds. The Balaban J connectivity index is 3.46. The molecule has 0 bridgehead atoms. The molecule has 0 unspecified atom stereocenters. The standard InChI is InChI=1S/C10H7F6O/c1-6-3-2-4-7(5-6)8(17,9(11,12)13)10(14,15)16/h2-5,17H,1H2. The molecule has 1 radical (unpaired) electrons. The second-order valence-electron chi connectivity index (χ2n) is 3.41. The number of hydrogen-bond donors (Lipinski definition) is 1. The minimum atomic E-state index is -5.86. The van der Waals surface area contributed by atoms with Crippen LogP contribution >= 0.6 is 0 Å². The van der Waals surface area contributed by atoms with Gasteiger partial charge in [-0.15, -0.1) is 0 Å². The number of hydrogen-bond acceptors (Lipinski definition) is 1. The van der Waals surface area contributed by atoms with Crippen molar-refractivity contribution in [3.8, 4) is 0 Å². The van der Waals surface area contributed by atoms with Gasteiger partial charge in [0, 0.05) is 5.56 Å². The van der Waals surface area contributed by atoms with Gasteiger partial charge in [0.25, 0.3) is 5.60 Å². The first kappa shape index (κ1) is 13.8. The molecule has 0 aromatic heterocycles. The number of halogens is 6. The van der Waals surface area contributed by atoms with Gasteiger partial charge in [-0.25, -0.2) is 0 Å². The van der Waals surface area contributed by atoms with E-state index < -0.39 is 23.5 Å². The summed E-state index contributed by atoms with van der Waals surface area (Å²) < 4.78 is 74.6. The third-order valence-corrected chi connectivity index (χ3v) is 2.17. The molecule has 0 saturated carbocycles. The van der Waals surface area contributed by atoms with E-state index >= 15 is 0 Å². The van der Waals surface area contributed by atoms with E-state index in [4.69, 9.17) is 5.11 Å². The Bertz CT molecular complexity index is 392. The van der Waals surface area contributed by atoms with Crippen LogP contribution in [0.25, 0.3) is 0 Å². The van der Waals surface area contributed by atoms with E-state index in [1.54, 1.807) is 0 Å². The van der Waals surface area contributed by atoms with Crippen LogP contribution in [0.1, 0.15) is 11.1 Å². The summed E-state index contributed by atoms with van der Waals surface area (Å²) in [7, 11) is 0. The van der Waals surface area contributed by atoms with Crippen molar-refractivity contribution in [2.24, 2.45) is 0 Å². The van der Waals surface area contributed by atoms with E-state index in [9.17, 15) is 26.3 Å². The molecule has 1 aromatic rings. The van der Waals surface area contributed by atoms with Crippen molar-refractivity contribution in [2.75, 3.05) is 0 Å². The monoisotopic (exact) mass is 257 g/mol. The lowest BCUT2D eigenvalue weighted by Crippen LogP contribution is -2.53. The second-order valence-corrected chi connectivity index (χ2v) is 3.41. The van der Waals surface area contributed by atoms with Gasteiger partial charge >= 0.3 is 12.4 Å². The van der Waals surface area contributed by atoms with E-state index in [-0.39, 0.29) is 5.56 Å². The predicted octanol–water partition coefficient (Wildman–Crippen LogP) is 3.18. The van der Waals surface area contributed by atoms with Crippen LogP contribution in [0.2, 0.25) is 0 Å². The SMILES string of the molecule is [CH2]c1cccc(C(O)(C(F)(F)F)C(F)(F)F)c1. The average Bonchev–Trinajstić information content (AvgIpc) is 2.12. The van der Waals surface area contributed by atoms with Crippen LogP contribution in [0.5, 0.6) is 0 Å². The Morgan fingerprint density at radius 3 is 1.76 bits per heavy atom. The highest BCUT2D eigenvalue weighted by atomic mass is 19.4. The Kier molecular flexibility index (Phi) is 3.17. The van der Waals surface area contributed by atoms with Crippen LogP contribution in [0.3, 0.4) is 0 Å². The zero-order valence-corrected chi connectivity index (χ0v) is 8.23. The first-order valence-electron chi connectivity index (χ1n) is 4.28. The molecule has 0 saturated heterocycles. The van der Waals surface area contributed by atoms with Gasteiger partial charge in [-0.2, -0.15) is 26.3 Å². The maximum atomic E-state index is 12.4. The van der Waals surface area contributed by atoms with Crippen LogP contribution in [0.4, 0.5) is 26.3 Å². The number of benzene rings is 1. The fourth-order valence-electron chi connectivity index (χ4n) is 1.28. The van der Waals surface area contributed by atoms with E-state index in [2.05, 4.69) is 6.92 Å². The van der Waals surface area contributed by atoms with Crippen molar-refractivity contribution in [1.82, 2.24) is 0 Å². The fraction of sp³-hybridized carbons (Fsp3) is 0.300. The quantitative estimate of drug-likeness (QED) is 0.766. The Hall–Kier alpha value is -1.24. The van der Waals surface area contributed by atoms with Crippen molar-refractivity contribution < 1.29 is 31.4 Å². The largest absolute Gasteiger partial charge is 0.430 e. The maximum absolute atomic E-state index is 12.4. The van der Waals surface area contributed by atoms with Crippen LogP contribution in [-0.4, -0.2) is 17.5 Å². The molecule has 95 valence electrons. The first-order chi connectivity index (χ1) is 7.50. The summed E-state index contributed by atoms with van der Waals surface area (Å²) >= 11 is 0. The molecule has 0 atom stereocenters. The average molecular weight is 257 g/mol. The predicted molar refractivity (Wildman–Crippen MR) is 46.9 cm³/mol. The third-order valence-electron chi connectivity index (χ3n) is 2.17. The summed E-state index contributed by atoms with van der Waals surface area (Å²) in [4.78, 5) is 0. The molecule has 1 N–H and O–H groups in total. The summed E-state index contributed by atoms with van der Waals surface area (Å²) in [5, 5.41) is 9.00. The highest BCUT2D eigenvalue weighted by Gasteiger charge is 2.71. The Morgan fingerprint density at radius 2 is 1.41 bits per heavy atom. The smallest absolute Gasteiger partial charge is 0.369 e. The maximum Gasteiger partial charge on any atom is 0.430 e. The summed E-state index contributed by atoms with van der Waals surface area (Å²) in [5.41, 5.74) is -6.24. The van der Waals surface area contributed by atoms with E-state index in [1.807, 2.05) is 0 Å². The molecule has 1 nitrogen and oxygen atoms in total. The van der Waals surface area contributed by atoms with Crippen LogP contribution in [0, 0.1) is 6.92 Å². The molecule has 0 fully saturated rings. The summed E-state index contributed by atoms with van der Waals surface area (Å²) in [6, 6.07) is 3.27. The number of aliphatic hydroxyl groups is 1. The molecule has 0 spiro atoms. The molecule has 0 heterocycles. The lowest BCUT2D eigenvalue weighted by molar-refractivity contribution is -0.376. The molecule has 1 aromatic carbocycles. The van der Waals surface area contributed by atoms with Crippen molar-refractivity contribution in [3.05, 3.63) is 42.3 Å². The van der Waals surface area contributed by atoms with Crippen molar-refractivity contribution in [2.45, 2.75) is 18.0 Å². The zero-order valence-electron chi connectivity index (χ0n) is 8.23. The molecule has 17 heavy (non-hydrogen) atoms. The Labute approximate surface area is 92.7 Å². The lowest BCUT2D eigenvalue weighted by atomic mass is 9.91. The van der Waals surface area contributed by atoms with Gasteiger partial charge in [-0.1, -0.05) is 24.3 Å². The lowest BCUT2D eigenvalue weighted by Gasteiger charge is -2.32. The third kappa shape index (κ3) is 2.24. The minimum absolute atomic E-state index is 0.0607. The van der Waals surface area contributed by atoms with Crippen molar-refractivity contribution in [3.63, 3.8) is 0 Å². The van der Waals surface area contributed by atoms with E-state index in [0.717, 1.165) is 6.07 Å². The van der Waals surface area contributed by atoms with Gasteiger partial charge in [0.2, 0.25) is 0 Å². The summed E-state index contributed by atoms with van der Waals surface area (Å²) in [6.45, 7) is 3.21. The highest BCUT2D eigenvalue weighted by Crippen LogP contribution is 2.49. The molecular weight excluding hydrogens is 250 g/mol. The molecule has 1 rings (SSSR count). The topological polar surface area (TPSA) is 20.2 Å². The normalized spacial score (nSPS) is 13.9. The molecule has 0 aliphatic carbocycles. The van der Waals surface area contributed by atoms with Crippen LogP contribution in [-0.2, 0) is 5.60 Å². The molecular formula is C10H7F6O. The van der Waals surface area contributed by atoms with Gasteiger partial charge in [-0.05, 0) is 12.5 Å². The van der Waals surface area contributed by atoms with Gasteiger partial charge in [0.05, 0.1) is 0 Å². The number of rotatable bonds is 1.